The highest BCUT2D eigenvalue weighted by Gasteiger charge is 2.24. The summed E-state index contributed by atoms with van der Waals surface area (Å²) in [4.78, 5) is 22.6. The molecule has 0 saturated heterocycles. The van der Waals surface area contributed by atoms with Gasteiger partial charge in [-0.05, 0) is 16.3 Å². The summed E-state index contributed by atoms with van der Waals surface area (Å²) in [5.74, 6) is 0. The first kappa shape index (κ1) is 14.3. The summed E-state index contributed by atoms with van der Waals surface area (Å²) in [7, 11) is 0. The van der Waals surface area contributed by atoms with Gasteiger partial charge in [0, 0.05) is 12.0 Å². The quantitative estimate of drug-likeness (QED) is 0.725. The third-order valence-corrected chi connectivity index (χ3v) is 4.19. The maximum atomic E-state index is 11.5. The molecule has 0 fully saturated rings. The molecule has 0 spiro atoms. The lowest BCUT2D eigenvalue weighted by Crippen LogP contribution is -2.39. The summed E-state index contributed by atoms with van der Waals surface area (Å²) in [6, 6.07) is 14.5. The normalized spacial score (nSPS) is 11.9. The van der Waals surface area contributed by atoms with Gasteiger partial charge in [0.1, 0.15) is 11.4 Å². The highest BCUT2D eigenvalue weighted by atomic mass is 16.2. The van der Waals surface area contributed by atoms with Gasteiger partial charge >= 0.3 is 0 Å². The number of hydrogen-bond acceptors (Lipinski definition) is 4. The van der Waals surface area contributed by atoms with Gasteiger partial charge < -0.3 is 11.1 Å². The van der Waals surface area contributed by atoms with E-state index in [1.165, 1.54) is 10.8 Å². The molecular formula is C18H18N2O2. The molecule has 4 heteroatoms. The van der Waals surface area contributed by atoms with Crippen molar-refractivity contribution in [3.63, 3.8) is 0 Å². The zero-order valence-corrected chi connectivity index (χ0v) is 12.6. The van der Waals surface area contributed by atoms with E-state index in [2.05, 4.69) is 49.5 Å². The molecule has 0 aliphatic carbocycles. The molecule has 0 aromatic heterocycles. The van der Waals surface area contributed by atoms with E-state index in [0.29, 0.717) is 6.54 Å². The van der Waals surface area contributed by atoms with Gasteiger partial charge in [-0.1, -0.05) is 56.3 Å². The Kier molecular flexibility index (Phi) is 3.24. The zero-order valence-electron chi connectivity index (χ0n) is 12.6. The number of benzene rings is 2. The van der Waals surface area contributed by atoms with Crippen molar-refractivity contribution in [3.8, 4) is 0 Å². The molecule has 3 N–H and O–H groups in total. The zero-order chi connectivity index (χ0) is 15.9. The molecule has 3 aromatic carbocycles. The van der Waals surface area contributed by atoms with Crippen LogP contribution in [0.3, 0.4) is 0 Å². The first-order valence-corrected chi connectivity index (χ1v) is 7.22. The molecule has 0 heterocycles. The van der Waals surface area contributed by atoms with Crippen molar-refractivity contribution in [2.24, 2.45) is 0 Å². The predicted octanol–water partition coefficient (Wildman–Crippen LogP) is 2.41. The second-order valence-electron chi connectivity index (χ2n) is 6.25. The Morgan fingerprint density at radius 2 is 1.68 bits per heavy atom. The van der Waals surface area contributed by atoms with Crippen molar-refractivity contribution < 1.29 is 0 Å². The van der Waals surface area contributed by atoms with Crippen molar-refractivity contribution in [3.05, 3.63) is 68.5 Å². The third-order valence-electron chi connectivity index (χ3n) is 4.19. The predicted molar refractivity (Wildman–Crippen MR) is 91.2 cm³/mol. The number of fused-ring (bicyclic) bond motifs is 1. The smallest absolute Gasteiger partial charge is 0.253 e. The lowest BCUT2D eigenvalue weighted by Gasteiger charge is -2.27. The number of rotatable bonds is 4. The Morgan fingerprint density at radius 1 is 1.00 bits per heavy atom. The first-order valence-electron chi connectivity index (χ1n) is 7.22. The molecule has 3 rings (SSSR count). The van der Waals surface area contributed by atoms with Crippen LogP contribution in [0.2, 0.25) is 0 Å². The molecule has 0 atom stereocenters. The van der Waals surface area contributed by atoms with Gasteiger partial charge in [0.2, 0.25) is 0 Å². The van der Waals surface area contributed by atoms with Crippen LogP contribution in [0.4, 0.5) is 11.4 Å². The molecule has 0 bridgehead atoms. The minimum absolute atomic E-state index is 0.0410. The van der Waals surface area contributed by atoms with Gasteiger partial charge in [0.15, 0.2) is 0 Å². The molecule has 0 unspecified atom stereocenters. The van der Waals surface area contributed by atoms with Crippen LogP contribution in [-0.4, -0.2) is 6.54 Å². The molecular weight excluding hydrogens is 276 g/mol. The van der Waals surface area contributed by atoms with Crippen LogP contribution >= 0.6 is 0 Å². The monoisotopic (exact) mass is 294 g/mol. The minimum atomic E-state index is -0.592. The van der Waals surface area contributed by atoms with Crippen LogP contribution in [0.1, 0.15) is 19.4 Å². The van der Waals surface area contributed by atoms with Crippen molar-refractivity contribution >= 4 is 22.1 Å². The van der Waals surface area contributed by atoms with E-state index in [-0.39, 0.29) is 16.8 Å². The van der Waals surface area contributed by atoms with Crippen LogP contribution in [0, 0.1) is 0 Å². The summed E-state index contributed by atoms with van der Waals surface area (Å²) >= 11 is 0. The summed E-state index contributed by atoms with van der Waals surface area (Å²) < 4.78 is 0. The van der Waals surface area contributed by atoms with Gasteiger partial charge in [0.05, 0.1) is 0 Å². The molecule has 0 radical (unpaired) electrons. The lowest BCUT2D eigenvalue weighted by atomic mass is 9.83. The van der Waals surface area contributed by atoms with E-state index in [1.54, 1.807) is 0 Å². The molecule has 0 aliphatic heterocycles. The van der Waals surface area contributed by atoms with Crippen LogP contribution in [0.25, 0.3) is 10.8 Å². The third kappa shape index (κ3) is 2.26. The van der Waals surface area contributed by atoms with E-state index in [4.69, 9.17) is 5.73 Å². The number of hydrogen-bond donors (Lipinski definition) is 2. The lowest BCUT2D eigenvalue weighted by molar-refractivity contribution is 0.557. The van der Waals surface area contributed by atoms with Gasteiger partial charge in [0.25, 0.3) is 10.9 Å². The van der Waals surface area contributed by atoms with Crippen molar-refractivity contribution in [2.75, 3.05) is 17.6 Å². The molecule has 112 valence electrons. The number of anilines is 2. The summed E-state index contributed by atoms with van der Waals surface area (Å²) in [6.45, 7) is 4.71. The second kappa shape index (κ2) is 4.98. The topological polar surface area (TPSA) is 72.2 Å². The van der Waals surface area contributed by atoms with E-state index < -0.39 is 10.9 Å². The Bertz CT molecular complexity index is 918. The van der Waals surface area contributed by atoms with Gasteiger partial charge in [-0.2, -0.15) is 0 Å². The highest BCUT2D eigenvalue weighted by molar-refractivity contribution is 5.83. The van der Waals surface area contributed by atoms with Crippen molar-refractivity contribution in [1.29, 1.82) is 0 Å². The highest BCUT2D eigenvalue weighted by Crippen LogP contribution is 2.27. The van der Waals surface area contributed by atoms with E-state index in [9.17, 15) is 9.59 Å². The van der Waals surface area contributed by atoms with Crippen LogP contribution in [0.5, 0.6) is 0 Å². The van der Waals surface area contributed by atoms with Crippen LogP contribution in [0.15, 0.2) is 52.1 Å². The maximum absolute atomic E-state index is 11.5. The average Bonchev–Trinajstić information content (AvgIpc) is 2.53. The van der Waals surface area contributed by atoms with E-state index in [0.717, 1.165) is 5.56 Å². The van der Waals surface area contributed by atoms with Gasteiger partial charge in [-0.3, -0.25) is 9.59 Å². The maximum Gasteiger partial charge on any atom is 0.253 e. The summed E-state index contributed by atoms with van der Waals surface area (Å²) in [5, 5.41) is 5.40. The minimum Gasteiger partial charge on any atom is -0.394 e. The Labute approximate surface area is 128 Å². The molecule has 3 aromatic rings. The summed E-state index contributed by atoms with van der Waals surface area (Å²) in [6.07, 6.45) is 0. The van der Waals surface area contributed by atoms with Gasteiger partial charge in [-0.15, -0.1) is 0 Å². The van der Waals surface area contributed by atoms with Crippen molar-refractivity contribution in [1.82, 2.24) is 0 Å². The molecule has 0 amide bonds. The van der Waals surface area contributed by atoms with Crippen LogP contribution in [-0.2, 0) is 5.41 Å². The van der Waals surface area contributed by atoms with Crippen molar-refractivity contribution in [2.45, 2.75) is 19.3 Å². The molecule has 22 heavy (non-hydrogen) atoms. The Hall–Kier alpha value is -2.62. The number of nitrogens with two attached hydrogens (primary N) is 1. The SMILES string of the molecule is CC(C)(CNc1c(N)c(=O)c1=O)c1ccc2ccccc2c1. The van der Waals surface area contributed by atoms with E-state index in [1.807, 2.05) is 12.1 Å². The number of nitrogen functional groups attached to an aromatic ring is 1. The fraction of sp³-hybridized carbons (Fsp3) is 0.222. The summed E-state index contributed by atoms with van der Waals surface area (Å²) in [5.41, 5.74) is 5.69. The average molecular weight is 294 g/mol. The molecule has 4 nitrogen and oxygen atoms in total. The number of nitrogens with one attached hydrogen (secondary N) is 1. The van der Waals surface area contributed by atoms with Crippen LogP contribution < -0.4 is 21.9 Å². The molecule has 0 aliphatic rings. The fourth-order valence-corrected chi connectivity index (χ4v) is 2.61. The Balaban J connectivity index is 1.85. The Morgan fingerprint density at radius 3 is 2.36 bits per heavy atom. The fourth-order valence-electron chi connectivity index (χ4n) is 2.61. The largest absolute Gasteiger partial charge is 0.394 e. The van der Waals surface area contributed by atoms with E-state index >= 15 is 0 Å². The van der Waals surface area contributed by atoms with Gasteiger partial charge in [-0.25, -0.2) is 0 Å². The standard InChI is InChI=1S/C18H18N2O2/c1-18(2,10-20-15-14(19)16(21)17(15)22)13-8-7-11-5-3-4-6-12(11)9-13/h3-9,20H,10,19H2,1-2H3. The first-order chi connectivity index (χ1) is 10.4. The second-order valence-corrected chi connectivity index (χ2v) is 6.25. The molecule has 0 saturated carbocycles.